The first-order valence-electron chi connectivity index (χ1n) is 2.67. The standard InChI is InChI=1S/C5H4F2N2O2.ClH/c6-5(7)9-2-3(1-8-9)4(10)11;/h1-2,5H,(H,10,11);1H. The third kappa shape index (κ3) is 2.16. The van der Waals surface area contributed by atoms with Crippen LogP contribution in [-0.2, 0) is 0 Å². The fourth-order valence-electron chi connectivity index (χ4n) is 0.555. The molecular weight excluding hydrogens is 194 g/mol. The highest BCUT2D eigenvalue weighted by Gasteiger charge is 2.10. The molecule has 0 aliphatic heterocycles. The summed E-state index contributed by atoms with van der Waals surface area (Å²) < 4.78 is 23.8. The first-order valence-corrected chi connectivity index (χ1v) is 2.67. The van der Waals surface area contributed by atoms with E-state index in [4.69, 9.17) is 5.11 Å². The number of alkyl halides is 2. The van der Waals surface area contributed by atoms with E-state index in [1.807, 2.05) is 0 Å². The molecule has 0 bridgehead atoms. The first-order chi connectivity index (χ1) is 5.11. The second-order valence-electron chi connectivity index (χ2n) is 1.79. The molecular formula is C5H5ClF2N2O2. The van der Waals surface area contributed by atoms with Gasteiger partial charge in [0.2, 0.25) is 0 Å². The van der Waals surface area contributed by atoms with E-state index in [9.17, 15) is 13.6 Å². The van der Waals surface area contributed by atoms with Crippen molar-refractivity contribution in [3.8, 4) is 0 Å². The molecule has 0 saturated heterocycles. The van der Waals surface area contributed by atoms with E-state index in [0.29, 0.717) is 0 Å². The fourth-order valence-corrected chi connectivity index (χ4v) is 0.555. The van der Waals surface area contributed by atoms with Crippen LogP contribution in [0, 0.1) is 0 Å². The molecule has 0 saturated carbocycles. The van der Waals surface area contributed by atoms with Gasteiger partial charge in [-0.3, -0.25) is 0 Å². The van der Waals surface area contributed by atoms with Gasteiger partial charge >= 0.3 is 12.5 Å². The number of rotatable bonds is 2. The van der Waals surface area contributed by atoms with Crippen LogP contribution in [0.1, 0.15) is 16.9 Å². The third-order valence-corrected chi connectivity index (χ3v) is 1.05. The van der Waals surface area contributed by atoms with Gasteiger partial charge in [0.1, 0.15) is 0 Å². The number of hydrogen-bond donors (Lipinski definition) is 1. The average Bonchev–Trinajstić information content (AvgIpc) is 2.33. The summed E-state index contributed by atoms with van der Waals surface area (Å²) in [4.78, 5) is 10.1. The molecule has 1 heterocycles. The highest BCUT2D eigenvalue weighted by Crippen LogP contribution is 2.08. The molecule has 0 radical (unpaired) electrons. The van der Waals surface area contributed by atoms with Gasteiger partial charge in [-0.25, -0.2) is 9.48 Å². The Morgan fingerprint density at radius 3 is 2.50 bits per heavy atom. The van der Waals surface area contributed by atoms with E-state index in [1.54, 1.807) is 0 Å². The second-order valence-corrected chi connectivity index (χ2v) is 1.79. The molecule has 1 rings (SSSR count). The van der Waals surface area contributed by atoms with Crippen LogP contribution in [0.15, 0.2) is 12.4 Å². The zero-order valence-electron chi connectivity index (χ0n) is 5.65. The molecule has 0 aromatic carbocycles. The monoisotopic (exact) mass is 198 g/mol. The van der Waals surface area contributed by atoms with Crippen molar-refractivity contribution in [3.05, 3.63) is 18.0 Å². The first kappa shape index (κ1) is 10.8. The Balaban J connectivity index is 0.00000121. The van der Waals surface area contributed by atoms with Crippen LogP contribution in [0.5, 0.6) is 0 Å². The summed E-state index contributed by atoms with van der Waals surface area (Å²) in [5.41, 5.74) is -0.245. The van der Waals surface area contributed by atoms with E-state index < -0.39 is 12.5 Å². The molecule has 0 atom stereocenters. The maximum atomic E-state index is 11.8. The van der Waals surface area contributed by atoms with Gasteiger partial charge < -0.3 is 5.11 Å². The van der Waals surface area contributed by atoms with Crippen LogP contribution < -0.4 is 0 Å². The van der Waals surface area contributed by atoms with Crippen molar-refractivity contribution >= 4 is 18.4 Å². The Kier molecular flexibility index (Phi) is 3.62. The molecule has 1 aromatic heterocycles. The van der Waals surface area contributed by atoms with Gasteiger partial charge in [-0.15, -0.1) is 12.4 Å². The maximum Gasteiger partial charge on any atom is 0.338 e. The largest absolute Gasteiger partial charge is 0.478 e. The molecule has 0 fully saturated rings. The molecule has 1 N–H and O–H groups in total. The fraction of sp³-hybridized carbons (Fsp3) is 0.200. The van der Waals surface area contributed by atoms with Gasteiger partial charge in [-0.05, 0) is 0 Å². The van der Waals surface area contributed by atoms with Crippen LogP contribution in [0.2, 0.25) is 0 Å². The quantitative estimate of drug-likeness (QED) is 0.782. The lowest BCUT2D eigenvalue weighted by atomic mass is 10.4. The second kappa shape index (κ2) is 4.01. The third-order valence-electron chi connectivity index (χ3n) is 1.05. The zero-order valence-corrected chi connectivity index (χ0v) is 6.46. The number of hydrogen-bond acceptors (Lipinski definition) is 2. The van der Waals surface area contributed by atoms with Crippen molar-refractivity contribution < 1.29 is 18.7 Å². The van der Waals surface area contributed by atoms with Crippen LogP contribution >= 0.6 is 12.4 Å². The summed E-state index contributed by atoms with van der Waals surface area (Å²) >= 11 is 0. The Hall–Kier alpha value is -1.17. The van der Waals surface area contributed by atoms with E-state index in [-0.39, 0.29) is 22.7 Å². The number of aromatic nitrogens is 2. The Morgan fingerprint density at radius 2 is 2.25 bits per heavy atom. The van der Waals surface area contributed by atoms with Gasteiger partial charge in [0.05, 0.1) is 11.8 Å². The number of halogens is 3. The number of carboxylic acids is 1. The van der Waals surface area contributed by atoms with E-state index in [0.717, 1.165) is 12.4 Å². The zero-order chi connectivity index (χ0) is 8.43. The molecule has 12 heavy (non-hydrogen) atoms. The minimum Gasteiger partial charge on any atom is -0.478 e. The summed E-state index contributed by atoms with van der Waals surface area (Å²) in [6, 6.07) is 0. The number of carboxylic acid groups (broad SMARTS) is 1. The van der Waals surface area contributed by atoms with E-state index in [2.05, 4.69) is 5.10 Å². The summed E-state index contributed by atoms with van der Waals surface area (Å²) in [5.74, 6) is -1.27. The molecule has 0 aliphatic carbocycles. The average molecular weight is 199 g/mol. The van der Waals surface area contributed by atoms with Crippen molar-refractivity contribution in [2.75, 3.05) is 0 Å². The van der Waals surface area contributed by atoms with Crippen molar-refractivity contribution in [3.63, 3.8) is 0 Å². The molecule has 1 aromatic rings. The SMILES string of the molecule is Cl.O=C(O)c1cnn(C(F)F)c1. The molecule has 0 unspecified atom stereocenters. The molecule has 0 aliphatic rings. The van der Waals surface area contributed by atoms with Crippen molar-refractivity contribution in [2.45, 2.75) is 6.55 Å². The Morgan fingerprint density at radius 1 is 1.67 bits per heavy atom. The van der Waals surface area contributed by atoms with Crippen LogP contribution in [-0.4, -0.2) is 20.9 Å². The van der Waals surface area contributed by atoms with Crippen LogP contribution in [0.25, 0.3) is 0 Å². The van der Waals surface area contributed by atoms with Gasteiger partial charge in [0.15, 0.2) is 0 Å². The summed E-state index contributed by atoms with van der Waals surface area (Å²) in [6.45, 7) is -2.79. The summed E-state index contributed by atoms with van der Waals surface area (Å²) in [6.07, 6.45) is 1.64. The molecule has 0 amide bonds. The number of carbonyl (C=O) groups is 1. The lowest BCUT2D eigenvalue weighted by molar-refractivity contribution is 0.0563. The lowest BCUT2D eigenvalue weighted by Crippen LogP contribution is -1.98. The highest BCUT2D eigenvalue weighted by molar-refractivity contribution is 5.86. The Bertz CT molecular complexity index is 276. The topological polar surface area (TPSA) is 55.1 Å². The number of aromatic carboxylic acids is 1. The van der Waals surface area contributed by atoms with Gasteiger partial charge in [-0.1, -0.05) is 0 Å². The molecule has 4 nitrogen and oxygen atoms in total. The van der Waals surface area contributed by atoms with Crippen LogP contribution in [0.3, 0.4) is 0 Å². The van der Waals surface area contributed by atoms with E-state index >= 15 is 0 Å². The van der Waals surface area contributed by atoms with Crippen molar-refractivity contribution in [1.82, 2.24) is 9.78 Å². The summed E-state index contributed by atoms with van der Waals surface area (Å²) in [5, 5.41) is 11.4. The highest BCUT2D eigenvalue weighted by atomic mass is 35.5. The lowest BCUT2D eigenvalue weighted by Gasteiger charge is -1.94. The minimum atomic E-state index is -2.79. The predicted octanol–water partition coefficient (Wildman–Crippen LogP) is 1.40. The van der Waals surface area contributed by atoms with Gasteiger partial charge in [0.25, 0.3) is 0 Å². The molecule has 0 spiro atoms. The maximum absolute atomic E-state index is 11.8. The van der Waals surface area contributed by atoms with Crippen molar-refractivity contribution in [1.29, 1.82) is 0 Å². The Labute approximate surface area is 72.2 Å². The molecule has 68 valence electrons. The van der Waals surface area contributed by atoms with Crippen LogP contribution in [0.4, 0.5) is 8.78 Å². The minimum absolute atomic E-state index is 0. The van der Waals surface area contributed by atoms with Gasteiger partial charge in [-0.2, -0.15) is 13.9 Å². The predicted molar refractivity (Wildman–Crippen MR) is 37.7 cm³/mol. The van der Waals surface area contributed by atoms with Crippen molar-refractivity contribution in [2.24, 2.45) is 0 Å². The van der Waals surface area contributed by atoms with E-state index in [1.165, 1.54) is 0 Å². The smallest absolute Gasteiger partial charge is 0.338 e. The normalized spacial score (nSPS) is 9.58. The number of nitrogens with zero attached hydrogens (tertiary/aromatic N) is 2. The van der Waals surface area contributed by atoms with Gasteiger partial charge in [0, 0.05) is 6.20 Å². The summed E-state index contributed by atoms with van der Waals surface area (Å²) in [7, 11) is 0. The molecule has 7 heteroatoms.